The minimum absolute atomic E-state index is 0.466. The van der Waals surface area contributed by atoms with Crippen LogP contribution < -0.4 is 5.32 Å². The van der Waals surface area contributed by atoms with Crippen LogP contribution in [0.3, 0.4) is 0 Å². The van der Waals surface area contributed by atoms with Gasteiger partial charge in [-0.15, -0.1) is 0 Å². The van der Waals surface area contributed by atoms with Crippen molar-refractivity contribution in [1.82, 2.24) is 5.32 Å². The lowest BCUT2D eigenvalue weighted by Crippen LogP contribution is -2.20. The second-order valence-electron chi connectivity index (χ2n) is 4.65. The first kappa shape index (κ1) is 13.3. The summed E-state index contributed by atoms with van der Waals surface area (Å²) in [7, 11) is 0. The van der Waals surface area contributed by atoms with E-state index >= 15 is 0 Å². The molecule has 1 aromatic carbocycles. The minimum Gasteiger partial charge on any atom is -0.361 e. The maximum atomic E-state index is 13.0. The molecule has 98 valence electrons. The summed E-state index contributed by atoms with van der Waals surface area (Å²) in [4.78, 5) is 4.39. The van der Waals surface area contributed by atoms with E-state index in [1.807, 2.05) is 0 Å². The first-order valence-electron chi connectivity index (χ1n) is 5.95. The van der Waals surface area contributed by atoms with E-state index in [0.717, 1.165) is 17.8 Å². The van der Waals surface area contributed by atoms with Crippen LogP contribution in [0.15, 0.2) is 23.2 Å². The van der Waals surface area contributed by atoms with Gasteiger partial charge in [0, 0.05) is 11.8 Å². The number of nitrogens with one attached hydrogen (secondary N) is 1. The number of benzene rings is 1. The molecule has 0 radical (unpaired) electrons. The summed E-state index contributed by atoms with van der Waals surface area (Å²) in [6.45, 7) is 5.63. The fraction of sp³-hybridized carbons (Fsp3) is 0.462. The normalized spacial score (nSPS) is 19.2. The van der Waals surface area contributed by atoms with Crippen LogP contribution in [-0.4, -0.2) is 17.0 Å². The van der Waals surface area contributed by atoms with Gasteiger partial charge >= 0.3 is 0 Å². The number of amidine groups is 1. The predicted octanol–water partition coefficient (Wildman–Crippen LogP) is 3.18. The Morgan fingerprint density at radius 1 is 1.39 bits per heavy atom. The summed E-state index contributed by atoms with van der Waals surface area (Å²) in [5, 5.41) is 4.55. The summed E-state index contributed by atoms with van der Waals surface area (Å²) in [6.07, 6.45) is 0. The molecular weight excluding hydrogens is 254 g/mol. The standard InChI is InChI=1S/C13H16F2N2S/c1-8(2)12-7-17-13(18-12)16-6-9-3-4-10(14)11(15)5-9/h3-5,8,12H,6-7H2,1-2H3,(H,16,17). The molecule has 1 aromatic rings. The van der Waals surface area contributed by atoms with Gasteiger partial charge in [0.2, 0.25) is 0 Å². The third-order valence-corrected chi connectivity index (χ3v) is 4.34. The lowest BCUT2D eigenvalue weighted by Gasteiger charge is -2.12. The number of hydrogen-bond acceptors (Lipinski definition) is 3. The van der Waals surface area contributed by atoms with Crippen molar-refractivity contribution < 1.29 is 8.78 Å². The first-order valence-corrected chi connectivity index (χ1v) is 6.83. The van der Waals surface area contributed by atoms with E-state index in [2.05, 4.69) is 24.2 Å². The van der Waals surface area contributed by atoms with Crippen molar-refractivity contribution in [3.63, 3.8) is 0 Å². The van der Waals surface area contributed by atoms with Crippen LogP contribution in [0.5, 0.6) is 0 Å². The Hall–Kier alpha value is -1.10. The number of halogens is 2. The van der Waals surface area contributed by atoms with E-state index in [1.165, 1.54) is 6.07 Å². The molecule has 0 bridgehead atoms. The molecule has 1 atom stereocenters. The predicted molar refractivity (Wildman–Crippen MR) is 71.7 cm³/mol. The zero-order valence-electron chi connectivity index (χ0n) is 10.4. The molecular formula is C13H16F2N2S. The highest BCUT2D eigenvalue weighted by atomic mass is 32.2. The van der Waals surface area contributed by atoms with Crippen LogP contribution in [0.2, 0.25) is 0 Å². The van der Waals surface area contributed by atoms with Gasteiger partial charge < -0.3 is 5.32 Å². The molecule has 0 aliphatic carbocycles. The zero-order valence-corrected chi connectivity index (χ0v) is 11.2. The molecule has 1 aliphatic heterocycles. The smallest absolute Gasteiger partial charge is 0.159 e. The third kappa shape index (κ3) is 3.22. The number of hydrogen-bond donors (Lipinski definition) is 1. The Morgan fingerprint density at radius 3 is 2.78 bits per heavy atom. The maximum Gasteiger partial charge on any atom is 0.159 e. The molecule has 1 unspecified atom stereocenters. The average molecular weight is 270 g/mol. The second-order valence-corrected chi connectivity index (χ2v) is 5.88. The SMILES string of the molecule is CC(C)C1CN=C(NCc2ccc(F)c(F)c2)S1. The van der Waals surface area contributed by atoms with E-state index in [0.29, 0.717) is 23.3 Å². The quantitative estimate of drug-likeness (QED) is 0.912. The van der Waals surface area contributed by atoms with E-state index in [4.69, 9.17) is 0 Å². The zero-order chi connectivity index (χ0) is 13.1. The summed E-state index contributed by atoms with van der Waals surface area (Å²) in [5.74, 6) is -1.04. The van der Waals surface area contributed by atoms with E-state index < -0.39 is 11.6 Å². The summed E-state index contributed by atoms with van der Waals surface area (Å²) in [5.41, 5.74) is 0.713. The number of nitrogens with zero attached hydrogens (tertiary/aromatic N) is 1. The largest absolute Gasteiger partial charge is 0.361 e. The van der Waals surface area contributed by atoms with Gasteiger partial charge in [0.25, 0.3) is 0 Å². The molecule has 0 fully saturated rings. The van der Waals surface area contributed by atoms with Gasteiger partial charge in [-0.2, -0.15) is 0 Å². The molecule has 2 rings (SSSR count). The highest BCUT2D eigenvalue weighted by molar-refractivity contribution is 8.14. The molecule has 0 aromatic heterocycles. The van der Waals surface area contributed by atoms with Crippen molar-refractivity contribution in [2.75, 3.05) is 6.54 Å². The van der Waals surface area contributed by atoms with E-state index in [-0.39, 0.29) is 0 Å². The Morgan fingerprint density at radius 2 is 2.17 bits per heavy atom. The van der Waals surface area contributed by atoms with Crippen molar-refractivity contribution >= 4 is 16.9 Å². The highest BCUT2D eigenvalue weighted by Crippen LogP contribution is 2.26. The molecule has 0 saturated heterocycles. The van der Waals surface area contributed by atoms with Crippen molar-refractivity contribution in [3.05, 3.63) is 35.4 Å². The Bertz CT molecular complexity index is 460. The molecule has 0 saturated carbocycles. The molecule has 5 heteroatoms. The van der Waals surface area contributed by atoms with Gasteiger partial charge in [-0.1, -0.05) is 31.7 Å². The fourth-order valence-corrected chi connectivity index (χ4v) is 2.68. The average Bonchev–Trinajstić information content (AvgIpc) is 2.79. The van der Waals surface area contributed by atoms with Crippen LogP contribution in [0.4, 0.5) is 8.78 Å². The van der Waals surface area contributed by atoms with Crippen LogP contribution >= 0.6 is 11.8 Å². The van der Waals surface area contributed by atoms with E-state index in [1.54, 1.807) is 17.8 Å². The topological polar surface area (TPSA) is 24.4 Å². The fourth-order valence-electron chi connectivity index (χ4n) is 1.66. The maximum absolute atomic E-state index is 13.0. The molecule has 1 N–H and O–H groups in total. The van der Waals surface area contributed by atoms with E-state index in [9.17, 15) is 8.78 Å². The lowest BCUT2D eigenvalue weighted by molar-refractivity contribution is 0.507. The van der Waals surface area contributed by atoms with Gasteiger partial charge in [-0.25, -0.2) is 8.78 Å². The Balaban J connectivity index is 1.87. The third-order valence-electron chi connectivity index (χ3n) is 2.85. The number of rotatable bonds is 3. The second kappa shape index (κ2) is 5.69. The van der Waals surface area contributed by atoms with Gasteiger partial charge in [0.05, 0.1) is 6.54 Å². The summed E-state index contributed by atoms with van der Waals surface area (Å²) >= 11 is 1.72. The molecule has 1 heterocycles. The van der Waals surface area contributed by atoms with Gasteiger partial charge in [-0.05, 0) is 23.6 Å². The molecule has 0 spiro atoms. The van der Waals surface area contributed by atoms with Gasteiger partial charge in [0.1, 0.15) is 0 Å². The van der Waals surface area contributed by atoms with Crippen LogP contribution in [-0.2, 0) is 6.54 Å². The van der Waals surface area contributed by atoms with Crippen LogP contribution in [0, 0.1) is 17.6 Å². The van der Waals surface area contributed by atoms with Crippen molar-refractivity contribution in [2.45, 2.75) is 25.6 Å². The number of thioether (sulfide) groups is 1. The van der Waals surface area contributed by atoms with Gasteiger partial charge in [0.15, 0.2) is 16.8 Å². The summed E-state index contributed by atoms with van der Waals surface area (Å²) in [6, 6.07) is 3.93. The molecule has 18 heavy (non-hydrogen) atoms. The summed E-state index contributed by atoms with van der Waals surface area (Å²) < 4.78 is 25.8. The minimum atomic E-state index is -0.814. The van der Waals surface area contributed by atoms with Crippen LogP contribution in [0.25, 0.3) is 0 Å². The molecule has 0 amide bonds. The number of aliphatic imine (C=N–C) groups is 1. The molecule has 1 aliphatic rings. The Kier molecular flexibility index (Phi) is 4.22. The van der Waals surface area contributed by atoms with Crippen LogP contribution in [0.1, 0.15) is 19.4 Å². The monoisotopic (exact) mass is 270 g/mol. The Labute approximate surface area is 110 Å². The first-order chi connectivity index (χ1) is 8.56. The highest BCUT2D eigenvalue weighted by Gasteiger charge is 2.22. The van der Waals surface area contributed by atoms with Crippen molar-refractivity contribution in [2.24, 2.45) is 10.9 Å². The van der Waals surface area contributed by atoms with Crippen molar-refractivity contribution in [3.8, 4) is 0 Å². The van der Waals surface area contributed by atoms with Gasteiger partial charge in [-0.3, -0.25) is 4.99 Å². The molecule has 2 nitrogen and oxygen atoms in total. The van der Waals surface area contributed by atoms with Crippen molar-refractivity contribution in [1.29, 1.82) is 0 Å². The lowest BCUT2D eigenvalue weighted by atomic mass is 10.1.